The van der Waals surface area contributed by atoms with Crippen LogP contribution in [0.5, 0.6) is 0 Å². The first-order chi connectivity index (χ1) is 8.62. The van der Waals surface area contributed by atoms with Crippen molar-refractivity contribution >= 4 is 5.97 Å². The van der Waals surface area contributed by atoms with E-state index < -0.39 is 5.41 Å². The van der Waals surface area contributed by atoms with Gasteiger partial charge in [0.15, 0.2) is 0 Å². The van der Waals surface area contributed by atoms with Crippen LogP contribution in [0.2, 0.25) is 0 Å². The Kier molecular flexibility index (Phi) is 5.82. The van der Waals surface area contributed by atoms with Gasteiger partial charge in [-0.15, -0.1) is 0 Å². The average Bonchev–Trinajstić information content (AvgIpc) is 2.37. The van der Waals surface area contributed by atoms with Gasteiger partial charge in [0.25, 0.3) is 0 Å². The van der Waals surface area contributed by atoms with Crippen LogP contribution < -0.4 is 0 Å². The van der Waals surface area contributed by atoms with Crippen molar-refractivity contribution in [3.63, 3.8) is 0 Å². The lowest BCUT2D eigenvalue weighted by Crippen LogP contribution is -2.38. The summed E-state index contributed by atoms with van der Waals surface area (Å²) in [5.41, 5.74) is 0.196. The van der Waals surface area contributed by atoms with Crippen molar-refractivity contribution in [1.29, 1.82) is 0 Å². The van der Waals surface area contributed by atoms with Crippen molar-refractivity contribution in [2.24, 2.45) is 5.41 Å². The minimum Gasteiger partial charge on any atom is -0.460 e. The van der Waals surface area contributed by atoms with Crippen LogP contribution in [-0.2, 0) is 25.6 Å². The number of ether oxygens (including phenoxy) is 3. The Morgan fingerprint density at radius 2 is 1.67 bits per heavy atom. The van der Waals surface area contributed by atoms with Crippen LogP contribution in [0.15, 0.2) is 30.3 Å². The Hall–Kier alpha value is -1.39. The molecule has 0 aromatic heterocycles. The fourth-order valence-electron chi connectivity index (χ4n) is 1.69. The van der Waals surface area contributed by atoms with Crippen LogP contribution in [0.3, 0.4) is 0 Å². The third-order valence-corrected chi connectivity index (χ3v) is 2.63. The highest BCUT2D eigenvalue weighted by Gasteiger charge is 2.35. The Balaban J connectivity index is 2.57. The standard InChI is InChI=1S/C14H20O4/c1-14(10-16-2,11-17-3)13(15)18-9-12-7-5-4-6-8-12/h4-8H,9-11H2,1-3H3. The van der Waals surface area contributed by atoms with E-state index in [9.17, 15) is 4.79 Å². The average molecular weight is 252 g/mol. The molecule has 1 rings (SSSR count). The fourth-order valence-corrected chi connectivity index (χ4v) is 1.69. The highest BCUT2D eigenvalue weighted by Crippen LogP contribution is 2.20. The Bertz CT molecular complexity index is 355. The van der Waals surface area contributed by atoms with Crippen LogP contribution >= 0.6 is 0 Å². The van der Waals surface area contributed by atoms with E-state index in [0.29, 0.717) is 0 Å². The van der Waals surface area contributed by atoms with E-state index in [2.05, 4.69) is 0 Å². The first-order valence-corrected chi connectivity index (χ1v) is 5.81. The quantitative estimate of drug-likeness (QED) is 0.696. The lowest BCUT2D eigenvalue weighted by atomic mass is 9.93. The van der Waals surface area contributed by atoms with Gasteiger partial charge in [0.2, 0.25) is 0 Å². The minimum atomic E-state index is -0.766. The molecule has 0 unspecified atom stereocenters. The zero-order valence-corrected chi connectivity index (χ0v) is 11.1. The predicted octanol–water partition coefficient (Wildman–Crippen LogP) is 2.03. The smallest absolute Gasteiger partial charge is 0.316 e. The van der Waals surface area contributed by atoms with Gasteiger partial charge in [-0.3, -0.25) is 4.79 Å². The molecule has 1 aromatic rings. The number of carbonyl (C=O) groups is 1. The van der Waals surface area contributed by atoms with E-state index >= 15 is 0 Å². The number of rotatable bonds is 7. The molecule has 0 N–H and O–H groups in total. The lowest BCUT2D eigenvalue weighted by Gasteiger charge is -2.25. The zero-order chi connectivity index (χ0) is 13.4. The molecule has 0 saturated heterocycles. The molecule has 4 nitrogen and oxygen atoms in total. The molecule has 0 aliphatic rings. The van der Waals surface area contributed by atoms with Gasteiger partial charge in [-0.25, -0.2) is 0 Å². The van der Waals surface area contributed by atoms with Gasteiger partial charge in [-0.1, -0.05) is 30.3 Å². The highest BCUT2D eigenvalue weighted by atomic mass is 16.5. The van der Waals surface area contributed by atoms with Gasteiger partial charge >= 0.3 is 5.97 Å². The fraction of sp³-hybridized carbons (Fsp3) is 0.500. The summed E-state index contributed by atoms with van der Waals surface area (Å²) in [7, 11) is 3.11. The zero-order valence-electron chi connectivity index (χ0n) is 11.1. The number of hydrogen-bond acceptors (Lipinski definition) is 4. The summed E-state index contributed by atoms with van der Waals surface area (Å²) < 4.78 is 15.4. The van der Waals surface area contributed by atoms with E-state index in [4.69, 9.17) is 14.2 Å². The molecule has 100 valence electrons. The molecule has 1 aromatic carbocycles. The molecule has 0 aliphatic carbocycles. The number of hydrogen-bond donors (Lipinski definition) is 0. The summed E-state index contributed by atoms with van der Waals surface area (Å²) >= 11 is 0. The van der Waals surface area contributed by atoms with Gasteiger partial charge in [0, 0.05) is 14.2 Å². The molecule has 0 bridgehead atoms. The first-order valence-electron chi connectivity index (χ1n) is 5.81. The molecule has 18 heavy (non-hydrogen) atoms. The van der Waals surface area contributed by atoms with Gasteiger partial charge in [0.05, 0.1) is 13.2 Å². The summed E-state index contributed by atoms with van der Waals surface area (Å²) in [6.45, 7) is 2.58. The van der Waals surface area contributed by atoms with Gasteiger partial charge in [0.1, 0.15) is 12.0 Å². The summed E-state index contributed by atoms with van der Waals surface area (Å²) in [6.07, 6.45) is 0. The minimum absolute atomic E-state index is 0.267. The third-order valence-electron chi connectivity index (χ3n) is 2.63. The van der Waals surface area contributed by atoms with E-state index in [1.54, 1.807) is 21.1 Å². The maximum atomic E-state index is 12.0. The van der Waals surface area contributed by atoms with Gasteiger partial charge in [-0.05, 0) is 12.5 Å². The molecular weight excluding hydrogens is 232 g/mol. The Morgan fingerprint density at radius 1 is 1.11 bits per heavy atom. The van der Waals surface area contributed by atoms with Gasteiger partial charge in [-0.2, -0.15) is 0 Å². The van der Waals surface area contributed by atoms with Crippen molar-refractivity contribution in [1.82, 2.24) is 0 Å². The van der Waals surface area contributed by atoms with Crippen molar-refractivity contribution < 1.29 is 19.0 Å². The molecule has 0 saturated carbocycles. The maximum absolute atomic E-state index is 12.0. The SMILES string of the molecule is COCC(C)(COC)C(=O)OCc1ccccc1. The predicted molar refractivity (Wildman–Crippen MR) is 68.1 cm³/mol. The molecule has 0 heterocycles. The van der Waals surface area contributed by atoms with Crippen LogP contribution in [-0.4, -0.2) is 33.4 Å². The molecule has 4 heteroatoms. The molecule has 0 radical (unpaired) electrons. The van der Waals surface area contributed by atoms with Crippen molar-refractivity contribution in [3.05, 3.63) is 35.9 Å². The second-order valence-electron chi connectivity index (χ2n) is 4.49. The first kappa shape index (κ1) is 14.7. The highest BCUT2D eigenvalue weighted by molar-refractivity contribution is 5.76. The van der Waals surface area contributed by atoms with Crippen molar-refractivity contribution in [2.45, 2.75) is 13.5 Å². The lowest BCUT2D eigenvalue weighted by molar-refractivity contribution is -0.163. The largest absolute Gasteiger partial charge is 0.460 e. The van der Waals surface area contributed by atoms with Crippen LogP contribution in [0.25, 0.3) is 0 Å². The van der Waals surface area contributed by atoms with Crippen LogP contribution in [0.1, 0.15) is 12.5 Å². The summed E-state index contributed by atoms with van der Waals surface area (Å²) in [5, 5.41) is 0. The molecule has 0 spiro atoms. The third kappa shape index (κ3) is 4.13. The normalized spacial score (nSPS) is 11.3. The second-order valence-corrected chi connectivity index (χ2v) is 4.49. The number of carbonyl (C=O) groups excluding carboxylic acids is 1. The van der Waals surface area contributed by atoms with Crippen molar-refractivity contribution in [2.75, 3.05) is 27.4 Å². The molecule has 0 atom stereocenters. The van der Waals surface area contributed by atoms with Crippen LogP contribution in [0, 0.1) is 5.41 Å². The number of methoxy groups -OCH3 is 2. The maximum Gasteiger partial charge on any atom is 0.316 e. The summed E-state index contributed by atoms with van der Waals surface area (Å²) in [4.78, 5) is 12.0. The number of esters is 1. The topological polar surface area (TPSA) is 44.8 Å². The Labute approximate surface area is 108 Å². The Morgan fingerprint density at radius 3 is 2.17 bits per heavy atom. The summed E-state index contributed by atoms with van der Waals surface area (Å²) in [6, 6.07) is 9.57. The van der Waals surface area contributed by atoms with Crippen molar-refractivity contribution in [3.8, 4) is 0 Å². The molecule has 0 aliphatic heterocycles. The number of benzene rings is 1. The molecule has 0 amide bonds. The second kappa shape index (κ2) is 7.13. The van der Waals surface area contributed by atoms with E-state index in [-0.39, 0.29) is 25.8 Å². The van der Waals surface area contributed by atoms with Gasteiger partial charge < -0.3 is 14.2 Å². The molecule has 0 fully saturated rings. The van der Waals surface area contributed by atoms with Crippen LogP contribution in [0.4, 0.5) is 0 Å². The summed E-state index contributed by atoms with van der Waals surface area (Å²) in [5.74, 6) is -0.310. The van der Waals surface area contributed by atoms with E-state index in [1.165, 1.54) is 0 Å². The molecular formula is C14H20O4. The monoisotopic (exact) mass is 252 g/mol. The van der Waals surface area contributed by atoms with E-state index in [0.717, 1.165) is 5.56 Å². The van der Waals surface area contributed by atoms with E-state index in [1.807, 2.05) is 30.3 Å².